The van der Waals surface area contributed by atoms with Crippen molar-refractivity contribution in [1.29, 1.82) is 0 Å². The molecular formula is C12H23. The predicted molar refractivity (Wildman–Crippen MR) is 54.8 cm³/mol. The molecule has 0 bridgehead atoms. The minimum Gasteiger partial charge on any atom is -0.0622 e. The van der Waals surface area contributed by atoms with Crippen molar-refractivity contribution in [3.05, 3.63) is 6.42 Å². The average Bonchev–Trinajstić information content (AvgIpc) is 1.82. The molecule has 1 saturated carbocycles. The molecule has 0 heterocycles. The molecule has 0 aliphatic heterocycles. The van der Waals surface area contributed by atoms with Crippen LogP contribution in [-0.4, -0.2) is 0 Å². The molecule has 0 N–H and O–H groups in total. The molecule has 71 valence electrons. The second kappa shape index (κ2) is 3.40. The lowest BCUT2D eigenvalue weighted by Gasteiger charge is -2.39. The fourth-order valence-corrected chi connectivity index (χ4v) is 2.42. The summed E-state index contributed by atoms with van der Waals surface area (Å²) in [5, 5.41) is 0. The van der Waals surface area contributed by atoms with E-state index in [4.69, 9.17) is 0 Å². The van der Waals surface area contributed by atoms with Gasteiger partial charge in [-0.1, -0.05) is 34.6 Å². The van der Waals surface area contributed by atoms with Crippen molar-refractivity contribution in [3.8, 4) is 0 Å². The van der Waals surface area contributed by atoms with Crippen LogP contribution in [-0.2, 0) is 0 Å². The van der Waals surface area contributed by atoms with Gasteiger partial charge in [-0.2, -0.15) is 0 Å². The molecular weight excluding hydrogens is 144 g/mol. The standard InChI is InChI=1S/C12H23/c1-9-6-10(2)8-11(7-9)12(3,4)5/h6,9-11H,7-8H2,1-5H3. The summed E-state index contributed by atoms with van der Waals surface area (Å²) < 4.78 is 0. The number of rotatable bonds is 0. The molecule has 1 aliphatic rings. The van der Waals surface area contributed by atoms with Gasteiger partial charge in [0.2, 0.25) is 0 Å². The van der Waals surface area contributed by atoms with Crippen molar-refractivity contribution >= 4 is 0 Å². The minimum absolute atomic E-state index is 0.511. The maximum absolute atomic E-state index is 2.52. The van der Waals surface area contributed by atoms with Crippen LogP contribution in [0.4, 0.5) is 0 Å². The van der Waals surface area contributed by atoms with Gasteiger partial charge in [-0.3, -0.25) is 0 Å². The van der Waals surface area contributed by atoms with E-state index in [0.29, 0.717) is 5.41 Å². The van der Waals surface area contributed by atoms with E-state index < -0.39 is 0 Å². The lowest BCUT2D eigenvalue weighted by Crippen LogP contribution is -2.29. The first-order valence-corrected chi connectivity index (χ1v) is 5.24. The normalized spacial score (nSPS) is 38.2. The van der Waals surface area contributed by atoms with Crippen LogP contribution in [0.5, 0.6) is 0 Å². The monoisotopic (exact) mass is 167 g/mol. The minimum atomic E-state index is 0.511. The van der Waals surface area contributed by atoms with E-state index in [1.54, 1.807) is 0 Å². The van der Waals surface area contributed by atoms with Gasteiger partial charge in [0.25, 0.3) is 0 Å². The summed E-state index contributed by atoms with van der Waals surface area (Å²) >= 11 is 0. The molecule has 2 unspecified atom stereocenters. The second-order valence-electron chi connectivity index (χ2n) is 5.68. The van der Waals surface area contributed by atoms with Gasteiger partial charge in [-0.05, 0) is 42.4 Å². The molecule has 12 heavy (non-hydrogen) atoms. The van der Waals surface area contributed by atoms with Crippen LogP contribution in [0.25, 0.3) is 0 Å². The first kappa shape index (κ1) is 10.1. The van der Waals surface area contributed by atoms with E-state index in [2.05, 4.69) is 41.0 Å². The van der Waals surface area contributed by atoms with E-state index in [0.717, 1.165) is 17.8 Å². The van der Waals surface area contributed by atoms with Crippen molar-refractivity contribution in [2.75, 3.05) is 0 Å². The van der Waals surface area contributed by atoms with Crippen molar-refractivity contribution in [2.24, 2.45) is 23.2 Å². The Morgan fingerprint density at radius 2 is 1.42 bits per heavy atom. The third-order valence-electron chi connectivity index (χ3n) is 3.19. The Hall–Kier alpha value is 0. The Balaban J connectivity index is 2.55. The summed E-state index contributed by atoms with van der Waals surface area (Å²) in [6.07, 6.45) is 5.31. The topological polar surface area (TPSA) is 0 Å². The molecule has 1 radical (unpaired) electrons. The van der Waals surface area contributed by atoms with Gasteiger partial charge in [0.1, 0.15) is 0 Å². The first-order chi connectivity index (χ1) is 5.39. The van der Waals surface area contributed by atoms with E-state index in [1.165, 1.54) is 12.8 Å². The first-order valence-electron chi connectivity index (χ1n) is 5.24. The Morgan fingerprint density at radius 1 is 1.00 bits per heavy atom. The summed E-state index contributed by atoms with van der Waals surface area (Å²) in [7, 11) is 0. The Morgan fingerprint density at radius 3 is 1.75 bits per heavy atom. The molecule has 0 amide bonds. The van der Waals surface area contributed by atoms with Crippen LogP contribution >= 0.6 is 0 Å². The highest BCUT2D eigenvalue weighted by molar-refractivity contribution is 4.91. The molecule has 0 aromatic carbocycles. The zero-order valence-electron chi connectivity index (χ0n) is 9.22. The zero-order valence-corrected chi connectivity index (χ0v) is 9.22. The predicted octanol–water partition coefficient (Wildman–Crippen LogP) is 3.92. The number of hydrogen-bond donors (Lipinski definition) is 0. The Kier molecular flexibility index (Phi) is 2.85. The fourth-order valence-electron chi connectivity index (χ4n) is 2.42. The maximum atomic E-state index is 2.52. The summed E-state index contributed by atoms with van der Waals surface area (Å²) in [4.78, 5) is 0. The largest absolute Gasteiger partial charge is 0.0622 e. The van der Waals surface area contributed by atoms with Crippen molar-refractivity contribution in [1.82, 2.24) is 0 Å². The summed E-state index contributed by atoms with van der Waals surface area (Å²) in [5.41, 5.74) is 0.511. The Labute approximate surface area is 77.7 Å². The molecule has 0 aromatic heterocycles. The van der Waals surface area contributed by atoms with Gasteiger partial charge >= 0.3 is 0 Å². The SMILES string of the molecule is CC1[CH]C(C)CC(C(C)(C)C)C1. The molecule has 0 heteroatoms. The lowest BCUT2D eigenvalue weighted by atomic mass is 9.66. The van der Waals surface area contributed by atoms with Crippen LogP contribution in [0.3, 0.4) is 0 Å². The van der Waals surface area contributed by atoms with E-state index in [1.807, 2.05) is 0 Å². The highest BCUT2D eigenvalue weighted by atomic mass is 14.4. The summed E-state index contributed by atoms with van der Waals surface area (Å²) in [6.45, 7) is 11.8. The second-order valence-corrected chi connectivity index (χ2v) is 5.68. The van der Waals surface area contributed by atoms with Crippen LogP contribution < -0.4 is 0 Å². The van der Waals surface area contributed by atoms with Gasteiger partial charge in [-0.25, -0.2) is 0 Å². The van der Waals surface area contributed by atoms with Gasteiger partial charge in [-0.15, -0.1) is 0 Å². The lowest BCUT2D eigenvalue weighted by molar-refractivity contribution is 0.147. The molecule has 1 aliphatic carbocycles. The van der Waals surface area contributed by atoms with E-state index in [9.17, 15) is 0 Å². The third-order valence-corrected chi connectivity index (χ3v) is 3.19. The van der Waals surface area contributed by atoms with E-state index in [-0.39, 0.29) is 0 Å². The van der Waals surface area contributed by atoms with Gasteiger partial charge in [0, 0.05) is 0 Å². The van der Waals surface area contributed by atoms with Gasteiger partial charge in [0.15, 0.2) is 0 Å². The van der Waals surface area contributed by atoms with Crippen LogP contribution in [0, 0.1) is 29.6 Å². The smallest absolute Gasteiger partial charge is 0.0329 e. The maximum Gasteiger partial charge on any atom is -0.0329 e. The molecule has 0 spiro atoms. The van der Waals surface area contributed by atoms with E-state index >= 15 is 0 Å². The van der Waals surface area contributed by atoms with Crippen LogP contribution in [0.15, 0.2) is 0 Å². The fraction of sp³-hybridized carbons (Fsp3) is 0.917. The molecule has 0 aromatic rings. The van der Waals surface area contributed by atoms with Gasteiger partial charge < -0.3 is 0 Å². The third kappa shape index (κ3) is 2.50. The van der Waals surface area contributed by atoms with Crippen molar-refractivity contribution in [2.45, 2.75) is 47.5 Å². The summed E-state index contributed by atoms with van der Waals surface area (Å²) in [6, 6.07) is 0. The quantitative estimate of drug-likeness (QED) is 0.513. The van der Waals surface area contributed by atoms with Crippen LogP contribution in [0.2, 0.25) is 0 Å². The van der Waals surface area contributed by atoms with Crippen molar-refractivity contribution < 1.29 is 0 Å². The Bertz CT molecular complexity index is 131. The molecule has 2 atom stereocenters. The highest BCUT2D eigenvalue weighted by Gasteiger charge is 2.31. The molecule has 0 saturated heterocycles. The molecule has 0 nitrogen and oxygen atoms in total. The summed E-state index contributed by atoms with van der Waals surface area (Å²) in [5.74, 6) is 2.59. The molecule has 1 fully saturated rings. The van der Waals surface area contributed by atoms with Gasteiger partial charge in [0.05, 0.1) is 0 Å². The number of hydrogen-bond acceptors (Lipinski definition) is 0. The van der Waals surface area contributed by atoms with Crippen LogP contribution in [0.1, 0.15) is 47.5 Å². The van der Waals surface area contributed by atoms with Crippen molar-refractivity contribution in [3.63, 3.8) is 0 Å². The highest BCUT2D eigenvalue weighted by Crippen LogP contribution is 2.41. The zero-order chi connectivity index (χ0) is 9.35. The molecule has 1 rings (SSSR count). The average molecular weight is 167 g/mol.